The molecular formula is C25H32N4O7S2. The van der Waals surface area contributed by atoms with Crippen LogP contribution in [-0.4, -0.2) is 83.9 Å². The second-order valence-corrected chi connectivity index (χ2v) is 13.3. The number of benzene rings is 2. The average molecular weight is 565 g/mol. The van der Waals surface area contributed by atoms with Crippen LogP contribution in [0.25, 0.3) is 0 Å². The van der Waals surface area contributed by atoms with Crippen molar-refractivity contribution in [1.29, 1.82) is 5.26 Å². The van der Waals surface area contributed by atoms with E-state index in [0.29, 0.717) is 50.3 Å². The van der Waals surface area contributed by atoms with E-state index in [9.17, 15) is 21.9 Å². The van der Waals surface area contributed by atoms with Gasteiger partial charge in [0.15, 0.2) is 0 Å². The maximum atomic E-state index is 13.0. The number of aliphatic hydroxyl groups is 1. The molecule has 2 aliphatic heterocycles. The Kier molecular flexibility index (Phi) is 8.73. The van der Waals surface area contributed by atoms with Gasteiger partial charge in [-0.05, 0) is 56.6 Å². The van der Waals surface area contributed by atoms with Crippen LogP contribution in [-0.2, 0) is 24.8 Å². The van der Waals surface area contributed by atoms with Gasteiger partial charge in [0.2, 0.25) is 20.0 Å². The van der Waals surface area contributed by atoms with E-state index in [0.717, 1.165) is 0 Å². The number of hydrogen-bond acceptors (Lipinski definition) is 9. The van der Waals surface area contributed by atoms with Crippen LogP contribution in [0.15, 0.2) is 58.3 Å². The Bertz CT molecular complexity index is 1380. The minimum Gasteiger partial charge on any atom is -0.491 e. The predicted octanol–water partition coefficient (Wildman–Crippen LogP) is 0.808. The summed E-state index contributed by atoms with van der Waals surface area (Å²) >= 11 is 0. The molecule has 206 valence electrons. The summed E-state index contributed by atoms with van der Waals surface area (Å²) in [7, 11) is -5.95. The minimum absolute atomic E-state index is 0.00390. The Hall–Kier alpha value is -2.57. The fraction of sp³-hybridized carbons (Fsp3) is 0.480. The molecule has 0 radical (unpaired) electrons. The van der Waals surface area contributed by atoms with Crippen molar-refractivity contribution in [2.75, 3.05) is 39.9 Å². The number of piperidine rings is 1. The van der Waals surface area contributed by atoms with Crippen LogP contribution in [0.2, 0.25) is 0 Å². The largest absolute Gasteiger partial charge is 0.491 e. The monoisotopic (exact) mass is 564 g/mol. The Morgan fingerprint density at radius 2 is 1.87 bits per heavy atom. The fourth-order valence-electron chi connectivity index (χ4n) is 4.74. The van der Waals surface area contributed by atoms with Gasteiger partial charge in [0.05, 0.1) is 33.6 Å². The van der Waals surface area contributed by atoms with E-state index in [1.165, 1.54) is 35.6 Å². The highest BCUT2D eigenvalue weighted by molar-refractivity contribution is 7.89. The van der Waals surface area contributed by atoms with Crippen molar-refractivity contribution in [3.05, 3.63) is 54.1 Å². The van der Waals surface area contributed by atoms with Crippen LogP contribution in [0.1, 0.15) is 24.8 Å². The predicted molar refractivity (Wildman–Crippen MR) is 138 cm³/mol. The van der Waals surface area contributed by atoms with E-state index in [1.807, 2.05) is 6.07 Å². The zero-order valence-corrected chi connectivity index (χ0v) is 22.7. The zero-order chi connectivity index (χ0) is 27.4. The van der Waals surface area contributed by atoms with Crippen molar-refractivity contribution < 1.29 is 31.4 Å². The Labute approximate surface area is 223 Å². The molecule has 13 heteroatoms. The van der Waals surface area contributed by atoms with E-state index in [1.54, 1.807) is 24.3 Å². The third kappa shape index (κ3) is 6.52. The van der Waals surface area contributed by atoms with Crippen LogP contribution in [0.3, 0.4) is 0 Å². The quantitative estimate of drug-likeness (QED) is 0.380. The molecule has 2 aromatic carbocycles. The summed E-state index contributed by atoms with van der Waals surface area (Å²) in [5.41, 5.74) is -0.116. The molecule has 2 aromatic rings. The number of sulfonamides is 2. The van der Waals surface area contributed by atoms with Gasteiger partial charge in [0.25, 0.3) is 0 Å². The second kappa shape index (κ2) is 11.7. The summed E-state index contributed by atoms with van der Waals surface area (Å²) in [6, 6.07) is 14.1. The minimum atomic E-state index is -3.69. The smallest absolute Gasteiger partial charge is 0.243 e. The van der Waals surface area contributed by atoms with Crippen LogP contribution in [0, 0.1) is 11.3 Å². The normalized spacial score (nSPS) is 20.7. The van der Waals surface area contributed by atoms with E-state index < -0.39 is 31.8 Å². The van der Waals surface area contributed by atoms with Gasteiger partial charge < -0.3 is 19.9 Å². The SMILES string of the molecule is CNS(=O)(=O)c1cccc(OCC(O)CNC2COC3(CCN(S(=O)(=O)c4cccc(C#N)c4)CC3)C2)c1. The van der Waals surface area contributed by atoms with Crippen molar-refractivity contribution in [2.24, 2.45) is 0 Å². The van der Waals surface area contributed by atoms with Crippen molar-refractivity contribution in [3.63, 3.8) is 0 Å². The number of hydrogen-bond donors (Lipinski definition) is 3. The van der Waals surface area contributed by atoms with Gasteiger partial charge in [-0.25, -0.2) is 21.6 Å². The van der Waals surface area contributed by atoms with Crippen LogP contribution in [0.5, 0.6) is 5.75 Å². The fourth-order valence-corrected chi connectivity index (χ4v) is 6.99. The number of ether oxygens (including phenoxy) is 2. The number of rotatable bonds is 10. The highest BCUT2D eigenvalue weighted by Crippen LogP contribution is 2.37. The Balaban J connectivity index is 1.23. The molecule has 0 amide bonds. The van der Waals surface area contributed by atoms with E-state index in [-0.39, 0.29) is 29.0 Å². The van der Waals surface area contributed by atoms with E-state index >= 15 is 0 Å². The first-order chi connectivity index (χ1) is 18.1. The lowest BCUT2D eigenvalue weighted by molar-refractivity contribution is -0.0312. The van der Waals surface area contributed by atoms with Gasteiger partial charge in [0.1, 0.15) is 18.5 Å². The Morgan fingerprint density at radius 1 is 1.16 bits per heavy atom. The summed E-state index contributed by atoms with van der Waals surface area (Å²) in [6.07, 6.45) is 0.981. The lowest BCUT2D eigenvalue weighted by atomic mass is 9.88. The molecule has 1 spiro atoms. The average Bonchev–Trinajstić information content (AvgIpc) is 3.33. The highest BCUT2D eigenvalue weighted by Gasteiger charge is 2.44. The third-order valence-corrected chi connectivity index (χ3v) is 10.2. The van der Waals surface area contributed by atoms with Gasteiger partial charge >= 0.3 is 0 Å². The number of nitrogens with zero attached hydrogens (tertiary/aromatic N) is 2. The van der Waals surface area contributed by atoms with Gasteiger partial charge in [0, 0.05) is 31.7 Å². The van der Waals surface area contributed by atoms with Crippen molar-refractivity contribution in [3.8, 4) is 11.8 Å². The molecule has 0 saturated carbocycles. The molecule has 2 heterocycles. The number of nitrogens with one attached hydrogen (secondary N) is 2. The van der Waals surface area contributed by atoms with Crippen molar-refractivity contribution in [1.82, 2.24) is 14.3 Å². The maximum Gasteiger partial charge on any atom is 0.243 e. The zero-order valence-electron chi connectivity index (χ0n) is 21.0. The van der Waals surface area contributed by atoms with Crippen molar-refractivity contribution >= 4 is 20.0 Å². The van der Waals surface area contributed by atoms with Crippen LogP contribution < -0.4 is 14.8 Å². The van der Waals surface area contributed by atoms with Gasteiger partial charge in [-0.15, -0.1) is 0 Å². The molecule has 4 rings (SSSR count). The molecule has 2 fully saturated rings. The molecule has 11 nitrogen and oxygen atoms in total. The lowest BCUT2D eigenvalue weighted by Crippen LogP contribution is -2.47. The first-order valence-electron chi connectivity index (χ1n) is 12.3. The first-order valence-corrected chi connectivity index (χ1v) is 15.2. The van der Waals surface area contributed by atoms with Crippen LogP contribution >= 0.6 is 0 Å². The highest BCUT2D eigenvalue weighted by atomic mass is 32.2. The van der Waals surface area contributed by atoms with Crippen molar-refractivity contribution in [2.45, 2.75) is 46.8 Å². The summed E-state index contributed by atoms with van der Waals surface area (Å²) in [5.74, 6) is 0.338. The first kappa shape index (κ1) is 28.4. The van der Waals surface area contributed by atoms with Gasteiger partial charge in [-0.1, -0.05) is 12.1 Å². The van der Waals surface area contributed by atoms with Gasteiger partial charge in [-0.3, -0.25) is 0 Å². The summed E-state index contributed by atoms with van der Waals surface area (Å²) in [5, 5.41) is 22.7. The van der Waals surface area contributed by atoms with Gasteiger partial charge in [-0.2, -0.15) is 9.57 Å². The Morgan fingerprint density at radius 3 is 2.58 bits per heavy atom. The molecule has 2 atom stereocenters. The molecule has 2 saturated heterocycles. The topological polar surface area (TPSA) is 158 Å². The van der Waals surface area contributed by atoms with E-state index in [4.69, 9.17) is 14.7 Å². The molecule has 0 aliphatic carbocycles. The van der Waals surface area contributed by atoms with Crippen LogP contribution in [0.4, 0.5) is 0 Å². The molecule has 3 N–H and O–H groups in total. The molecular weight excluding hydrogens is 532 g/mol. The number of aliphatic hydroxyl groups excluding tert-OH is 1. The summed E-state index contributed by atoms with van der Waals surface area (Å²) < 4.78 is 65.3. The third-order valence-electron chi connectivity index (χ3n) is 6.91. The molecule has 0 aromatic heterocycles. The molecule has 2 unspecified atom stereocenters. The molecule has 0 bridgehead atoms. The summed E-state index contributed by atoms with van der Waals surface area (Å²) in [6.45, 7) is 1.34. The lowest BCUT2D eigenvalue weighted by Gasteiger charge is -2.38. The second-order valence-electron chi connectivity index (χ2n) is 9.49. The van der Waals surface area contributed by atoms with E-state index in [2.05, 4.69) is 10.0 Å². The maximum absolute atomic E-state index is 13.0. The number of nitriles is 1. The molecule has 2 aliphatic rings. The standard InChI is InChI=1S/C25H32N4O7S2/c1-27-37(31,32)23-6-3-5-22(13-23)35-18-21(30)16-28-20-14-25(36-17-20)8-10-29(11-9-25)38(33,34)24-7-2-4-19(12-24)15-26/h2-7,12-13,20-21,27-28,30H,8-11,14,16-18H2,1H3. The molecule has 38 heavy (non-hydrogen) atoms. The summed E-state index contributed by atoms with van der Waals surface area (Å²) in [4.78, 5) is 0.194.